The summed E-state index contributed by atoms with van der Waals surface area (Å²) in [4.78, 5) is 4.19. The SMILES string of the molecule is O=S(=O)(Cc1coc(-c2ccccc2)n1)Cc1ccccc1F. The van der Waals surface area contributed by atoms with E-state index in [-0.39, 0.29) is 17.1 Å². The highest BCUT2D eigenvalue weighted by Crippen LogP contribution is 2.20. The predicted octanol–water partition coefficient (Wildman–Crippen LogP) is 3.60. The van der Waals surface area contributed by atoms with Gasteiger partial charge in [0.15, 0.2) is 9.84 Å². The molecule has 118 valence electrons. The van der Waals surface area contributed by atoms with Crippen molar-refractivity contribution in [3.63, 3.8) is 0 Å². The van der Waals surface area contributed by atoms with Gasteiger partial charge in [-0.1, -0.05) is 36.4 Å². The van der Waals surface area contributed by atoms with Gasteiger partial charge in [-0.3, -0.25) is 0 Å². The zero-order valence-electron chi connectivity index (χ0n) is 12.1. The Morgan fingerprint density at radius 3 is 2.39 bits per heavy atom. The van der Waals surface area contributed by atoms with Gasteiger partial charge < -0.3 is 4.42 Å². The molecule has 0 aliphatic carbocycles. The normalized spacial score (nSPS) is 11.5. The van der Waals surface area contributed by atoms with Gasteiger partial charge in [-0.25, -0.2) is 17.8 Å². The van der Waals surface area contributed by atoms with Crippen LogP contribution in [0.3, 0.4) is 0 Å². The van der Waals surface area contributed by atoms with Gasteiger partial charge in [-0.15, -0.1) is 0 Å². The highest BCUT2D eigenvalue weighted by atomic mass is 32.2. The quantitative estimate of drug-likeness (QED) is 0.717. The largest absolute Gasteiger partial charge is 0.444 e. The van der Waals surface area contributed by atoms with Crippen molar-refractivity contribution in [1.82, 2.24) is 4.98 Å². The van der Waals surface area contributed by atoms with Gasteiger partial charge in [0.1, 0.15) is 12.1 Å². The van der Waals surface area contributed by atoms with E-state index in [1.165, 1.54) is 24.5 Å². The maximum atomic E-state index is 13.6. The Morgan fingerprint density at radius 1 is 0.957 bits per heavy atom. The van der Waals surface area contributed by atoms with Crippen LogP contribution in [-0.4, -0.2) is 13.4 Å². The molecule has 1 aromatic heterocycles. The summed E-state index contributed by atoms with van der Waals surface area (Å²) in [6.07, 6.45) is 1.32. The van der Waals surface area contributed by atoms with Crippen LogP contribution in [0.5, 0.6) is 0 Å². The lowest BCUT2D eigenvalue weighted by Gasteiger charge is -2.03. The summed E-state index contributed by atoms with van der Waals surface area (Å²) < 4.78 is 43.3. The third-order valence-electron chi connectivity index (χ3n) is 3.27. The van der Waals surface area contributed by atoms with Gasteiger partial charge in [0, 0.05) is 11.1 Å². The van der Waals surface area contributed by atoms with Crippen molar-refractivity contribution in [3.05, 3.63) is 77.9 Å². The van der Waals surface area contributed by atoms with E-state index in [9.17, 15) is 12.8 Å². The van der Waals surface area contributed by atoms with Crippen LogP contribution in [0, 0.1) is 5.82 Å². The molecule has 2 aromatic carbocycles. The number of aromatic nitrogens is 1. The molecule has 0 amide bonds. The molecule has 3 aromatic rings. The number of nitrogens with zero attached hydrogens (tertiary/aromatic N) is 1. The minimum absolute atomic E-state index is 0.152. The number of halogens is 1. The maximum absolute atomic E-state index is 13.6. The minimum atomic E-state index is -3.54. The van der Waals surface area contributed by atoms with Crippen LogP contribution in [0.1, 0.15) is 11.3 Å². The standard InChI is InChI=1S/C17H14FNO3S/c18-16-9-5-4-8-14(16)11-23(20,21)12-15-10-22-17(19-15)13-6-2-1-3-7-13/h1-10H,11-12H2. The second-order valence-corrected chi connectivity index (χ2v) is 7.20. The smallest absolute Gasteiger partial charge is 0.226 e. The first kappa shape index (κ1) is 15.4. The summed E-state index contributed by atoms with van der Waals surface area (Å²) >= 11 is 0. The van der Waals surface area contributed by atoms with Crippen LogP contribution in [0.15, 0.2) is 65.3 Å². The summed E-state index contributed by atoms with van der Waals surface area (Å²) in [6.45, 7) is 0. The molecular formula is C17H14FNO3S. The lowest BCUT2D eigenvalue weighted by molar-refractivity contribution is 0.571. The Balaban J connectivity index is 1.77. The van der Waals surface area contributed by atoms with Crippen LogP contribution >= 0.6 is 0 Å². The van der Waals surface area contributed by atoms with E-state index in [2.05, 4.69) is 4.98 Å². The van der Waals surface area contributed by atoms with Crippen LogP contribution in [0.2, 0.25) is 0 Å². The van der Waals surface area contributed by atoms with E-state index in [4.69, 9.17) is 4.42 Å². The molecule has 4 nitrogen and oxygen atoms in total. The average Bonchev–Trinajstić information content (AvgIpc) is 2.98. The first-order chi connectivity index (χ1) is 11.0. The number of benzene rings is 2. The first-order valence-electron chi connectivity index (χ1n) is 6.97. The summed E-state index contributed by atoms with van der Waals surface area (Å²) in [5.41, 5.74) is 1.23. The number of oxazole rings is 1. The van der Waals surface area contributed by atoms with Gasteiger partial charge >= 0.3 is 0 Å². The second kappa shape index (κ2) is 6.34. The van der Waals surface area contributed by atoms with E-state index in [0.717, 1.165) is 5.56 Å². The molecule has 0 atom stereocenters. The van der Waals surface area contributed by atoms with Gasteiger partial charge in [0.25, 0.3) is 0 Å². The average molecular weight is 331 g/mol. The molecule has 0 unspecified atom stereocenters. The zero-order chi connectivity index (χ0) is 16.3. The third-order valence-corrected chi connectivity index (χ3v) is 4.76. The van der Waals surface area contributed by atoms with Crippen molar-refractivity contribution in [2.24, 2.45) is 0 Å². The zero-order valence-corrected chi connectivity index (χ0v) is 13.0. The van der Waals surface area contributed by atoms with Gasteiger partial charge in [0.2, 0.25) is 5.89 Å². The fraction of sp³-hybridized carbons (Fsp3) is 0.118. The van der Waals surface area contributed by atoms with E-state index in [0.29, 0.717) is 11.6 Å². The van der Waals surface area contributed by atoms with Gasteiger partial charge in [-0.05, 0) is 18.2 Å². The van der Waals surface area contributed by atoms with E-state index >= 15 is 0 Å². The molecule has 0 spiro atoms. The highest BCUT2D eigenvalue weighted by Gasteiger charge is 2.18. The highest BCUT2D eigenvalue weighted by molar-refractivity contribution is 7.89. The molecule has 0 fully saturated rings. The van der Waals surface area contributed by atoms with Gasteiger partial charge in [0.05, 0.1) is 17.2 Å². The fourth-order valence-corrected chi connectivity index (χ4v) is 3.61. The second-order valence-electron chi connectivity index (χ2n) is 5.13. The van der Waals surface area contributed by atoms with Crippen LogP contribution in [0.4, 0.5) is 4.39 Å². The van der Waals surface area contributed by atoms with E-state index in [1.54, 1.807) is 6.07 Å². The monoisotopic (exact) mass is 331 g/mol. The summed E-state index contributed by atoms with van der Waals surface area (Å²) in [5, 5.41) is 0. The molecule has 1 heterocycles. The lowest BCUT2D eigenvalue weighted by Crippen LogP contribution is -2.09. The van der Waals surface area contributed by atoms with Crippen molar-refractivity contribution in [3.8, 4) is 11.5 Å². The van der Waals surface area contributed by atoms with Gasteiger partial charge in [-0.2, -0.15) is 0 Å². The number of rotatable bonds is 5. The maximum Gasteiger partial charge on any atom is 0.226 e. The minimum Gasteiger partial charge on any atom is -0.444 e. The summed E-state index contributed by atoms with van der Waals surface area (Å²) in [7, 11) is -3.54. The molecule has 0 saturated heterocycles. The summed E-state index contributed by atoms with van der Waals surface area (Å²) in [6, 6.07) is 15.0. The third kappa shape index (κ3) is 3.84. The molecule has 0 N–H and O–H groups in total. The number of hydrogen-bond donors (Lipinski definition) is 0. The molecule has 0 radical (unpaired) electrons. The van der Waals surface area contributed by atoms with Crippen molar-refractivity contribution in [2.75, 3.05) is 0 Å². The Kier molecular flexibility index (Phi) is 4.25. The van der Waals surface area contributed by atoms with Crippen molar-refractivity contribution in [1.29, 1.82) is 0 Å². The van der Waals surface area contributed by atoms with Crippen molar-refractivity contribution in [2.45, 2.75) is 11.5 Å². The predicted molar refractivity (Wildman–Crippen MR) is 84.7 cm³/mol. The molecule has 23 heavy (non-hydrogen) atoms. The Hall–Kier alpha value is -2.47. The molecule has 0 bridgehead atoms. The van der Waals surface area contributed by atoms with E-state index in [1.807, 2.05) is 30.3 Å². The number of hydrogen-bond acceptors (Lipinski definition) is 4. The molecule has 0 aliphatic heterocycles. The van der Waals surface area contributed by atoms with Crippen LogP contribution in [-0.2, 0) is 21.3 Å². The van der Waals surface area contributed by atoms with E-state index < -0.39 is 15.7 Å². The molecular weight excluding hydrogens is 317 g/mol. The Bertz CT molecular complexity index is 904. The first-order valence-corrected chi connectivity index (χ1v) is 8.79. The molecule has 3 rings (SSSR count). The van der Waals surface area contributed by atoms with Crippen molar-refractivity contribution >= 4 is 9.84 Å². The van der Waals surface area contributed by atoms with Crippen molar-refractivity contribution < 1.29 is 17.2 Å². The Labute approximate surface area is 133 Å². The number of sulfone groups is 1. The topological polar surface area (TPSA) is 60.2 Å². The molecule has 0 saturated carbocycles. The fourth-order valence-electron chi connectivity index (χ4n) is 2.22. The summed E-state index contributed by atoms with van der Waals surface area (Å²) in [5.74, 6) is -0.826. The van der Waals surface area contributed by atoms with Crippen LogP contribution in [0.25, 0.3) is 11.5 Å². The van der Waals surface area contributed by atoms with Crippen LogP contribution < -0.4 is 0 Å². The lowest BCUT2D eigenvalue weighted by atomic mass is 10.2. The Morgan fingerprint density at radius 2 is 1.65 bits per heavy atom. The molecule has 0 aliphatic rings. The molecule has 6 heteroatoms.